The fraction of sp³-hybridized carbons (Fsp3) is 0.350. The third-order valence-corrected chi connectivity index (χ3v) is 4.38. The summed E-state index contributed by atoms with van der Waals surface area (Å²) in [6, 6.07) is 9.21. The lowest BCUT2D eigenvalue weighted by Crippen LogP contribution is -2.09. The van der Waals surface area contributed by atoms with Crippen LogP contribution in [-0.2, 0) is 11.2 Å². The maximum absolute atomic E-state index is 12.1. The molecule has 0 radical (unpaired) electrons. The van der Waals surface area contributed by atoms with Crippen LogP contribution in [0.1, 0.15) is 30.0 Å². The molecule has 5 heteroatoms. The fourth-order valence-electron chi connectivity index (χ4n) is 2.54. The van der Waals surface area contributed by atoms with Crippen LogP contribution in [0, 0.1) is 13.8 Å². The number of aryl methyl sites for hydroxylation is 3. The van der Waals surface area contributed by atoms with Gasteiger partial charge in [-0.25, -0.2) is 0 Å². The summed E-state index contributed by atoms with van der Waals surface area (Å²) in [6.07, 6.45) is 0.838. The van der Waals surface area contributed by atoms with Crippen molar-refractivity contribution < 1.29 is 19.0 Å². The lowest BCUT2D eigenvalue weighted by atomic mass is 10.1. The highest BCUT2D eigenvalue weighted by molar-refractivity contribution is 6.32. The van der Waals surface area contributed by atoms with E-state index in [0.29, 0.717) is 35.3 Å². The third-order valence-electron chi connectivity index (χ3n) is 3.79. The summed E-state index contributed by atoms with van der Waals surface area (Å²) >= 11 is 6.13. The summed E-state index contributed by atoms with van der Waals surface area (Å²) in [6.45, 7) is 6.27. The summed E-state index contributed by atoms with van der Waals surface area (Å²) in [5.41, 5.74) is 2.77. The van der Waals surface area contributed by atoms with Crippen LogP contribution in [0.25, 0.3) is 0 Å². The standard InChI is InChI=1S/C20H23ClO4/c1-5-24-17-8-6-15(12-18(17)23-4)7-9-19(22)25-16-10-13(2)20(21)14(3)11-16/h6,8,10-12H,5,7,9H2,1-4H3. The Morgan fingerprint density at radius 2 is 1.76 bits per heavy atom. The van der Waals surface area contributed by atoms with E-state index < -0.39 is 0 Å². The van der Waals surface area contributed by atoms with Gasteiger partial charge in [0.15, 0.2) is 11.5 Å². The average Bonchev–Trinajstić information content (AvgIpc) is 2.59. The van der Waals surface area contributed by atoms with E-state index in [9.17, 15) is 4.79 Å². The molecule has 0 aliphatic rings. The second-order valence-electron chi connectivity index (χ2n) is 5.76. The molecule has 0 fully saturated rings. The minimum Gasteiger partial charge on any atom is -0.493 e. The molecule has 0 amide bonds. The Labute approximate surface area is 153 Å². The van der Waals surface area contributed by atoms with Crippen molar-refractivity contribution in [2.24, 2.45) is 0 Å². The van der Waals surface area contributed by atoms with Gasteiger partial charge in [-0.2, -0.15) is 0 Å². The number of esters is 1. The molecule has 134 valence electrons. The van der Waals surface area contributed by atoms with E-state index >= 15 is 0 Å². The van der Waals surface area contributed by atoms with Gasteiger partial charge in [-0.05, 0) is 68.1 Å². The lowest BCUT2D eigenvalue weighted by molar-refractivity contribution is -0.134. The minimum absolute atomic E-state index is 0.276. The van der Waals surface area contributed by atoms with Crippen molar-refractivity contribution >= 4 is 17.6 Å². The van der Waals surface area contributed by atoms with E-state index in [1.54, 1.807) is 19.2 Å². The highest BCUT2D eigenvalue weighted by Crippen LogP contribution is 2.29. The van der Waals surface area contributed by atoms with Crippen LogP contribution >= 0.6 is 11.6 Å². The number of halogens is 1. The number of methoxy groups -OCH3 is 1. The highest BCUT2D eigenvalue weighted by atomic mass is 35.5. The third kappa shape index (κ3) is 5.13. The molecule has 0 saturated carbocycles. The molecular formula is C20H23ClO4. The van der Waals surface area contributed by atoms with Crippen LogP contribution in [-0.4, -0.2) is 19.7 Å². The molecule has 0 unspecified atom stereocenters. The maximum Gasteiger partial charge on any atom is 0.311 e. The first kappa shape index (κ1) is 19.1. The van der Waals surface area contributed by atoms with Crippen molar-refractivity contribution in [3.8, 4) is 17.2 Å². The zero-order valence-corrected chi connectivity index (χ0v) is 15.8. The number of carbonyl (C=O) groups is 1. The fourth-order valence-corrected chi connectivity index (χ4v) is 2.65. The number of benzene rings is 2. The number of carbonyl (C=O) groups excluding carboxylic acids is 1. The van der Waals surface area contributed by atoms with Crippen molar-refractivity contribution in [1.82, 2.24) is 0 Å². The number of ether oxygens (including phenoxy) is 3. The van der Waals surface area contributed by atoms with E-state index in [-0.39, 0.29) is 12.4 Å². The van der Waals surface area contributed by atoms with Gasteiger partial charge in [0.1, 0.15) is 5.75 Å². The Balaban J connectivity index is 1.98. The molecule has 0 N–H and O–H groups in total. The highest BCUT2D eigenvalue weighted by Gasteiger charge is 2.10. The van der Waals surface area contributed by atoms with E-state index in [1.165, 1.54) is 0 Å². The van der Waals surface area contributed by atoms with E-state index in [1.807, 2.05) is 39.0 Å². The molecule has 0 bridgehead atoms. The Kier molecular flexibility index (Phi) is 6.71. The molecule has 0 heterocycles. The minimum atomic E-state index is -0.283. The molecule has 0 spiro atoms. The van der Waals surface area contributed by atoms with Gasteiger partial charge in [0.25, 0.3) is 0 Å². The first-order valence-corrected chi connectivity index (χ1v) is 8.59. The van der Waals surface area contributed by atoms with E-state index in [4.69, 9.17) is 25.8 Å². The molecule has 0 aliphatic heterocycles. The SMILES string of the molecule is CCOc1ccc(CCC(=O)Oc2cc(C)c(Cl)c(C)c2)cc1OC. The lowest BCUT2D eigenvalue weighted by Gasteiger charge is -2.11. The Morgan fingerprint density at radius 1 is 1.08 bits per heavy atom. The summed E-state index contributed by atoms with van der Waals surface area (Å²) in [5, 5.41) is 0.696. The molecule has 25 heavy (non-hydrogen) atoms. The molecule has 0 atom stereocenters. The zero-order chi connectivity index (χ0) is 18.4. The van der Waals surface area contributed by atoms with Crippen LogP contribution in [0.5, 0.6) is 17.2 Å². The number of hydrogen-bond acceptors (Lipinski definition) is 4. The summed E-state index contributed by atoms with van der Waals surface area (Å²) in [4.78, 5) is 12.1. The van der Waals surface area contributed by atoms with Gasteiger partial charge in [-0.1, -0.05) is 17.7 Å². The van der Waals surface area contributed by atoms with Gasteiger partial charge in [0.2, 0.25) is 0 Å². The van der Waals surface area contributed by atoms with E-state index in [2.05, 4.69) is 0 Å². The van der Waals surface area contributed by atoms with Crippen molar-refractivity contribution in [2.45, 2.75) is 33.6 Å². The first-order valence-electron chi connectivity index (χ1n) is 8.21. The molecule has 0 aliphatic carbocycles. The van der Waals surface area contributed by atoms with Crippen molar-refractivity contribution in [2.75, 3.05) is 13.7 Å². The summed E-state index contributed by atoms with van der Waals surface area (Å²) in [7, 11) is 1.60. The second-order valence-corrected chi connectivity index (χ2v) is 6.14. The van der Waals surface area contributed by atoms with Crippen LogP contribution in [0.3, 0.4) is 0 Å². The van der Waals surface area contributed by atoms with Crippen LogP contribution in [0.4, 0.5) is 0 Å². The van der Waals surface area contributed by atoms with Gasteiger partial charge >= 0.3 is 5.97 Å². The van der Waals surface area contributed by atoms with E-state index in [0.717, 1.165) is 16.7 Å². The predicted molar refractivity (Wildman–Crippen MR) is 99.0 cm³/mol. The molecule has 0 saturated heterocycles. The summed E-state index contributed by atoms with van der Waals surface area (Å²) < 4.78 is 16.2. The quantitative estimate of drug-likeness (QED) is 0.519. The number of hydrogen-bond donors (Lipinski definition) is 0. The van der Waals surface area contributed by atoms with Crippen molar-refractivity contribution in [3.05, 3.63) is 52.0 Å². The monoisotopic (exact) mass is 362 g/mol. The molecule has 2 rings (SSSR count). The zero-order valence-electron chi connectivity index (χ0n) is 15.0. The van der Waals surface area contributed by atoms with Gasteiger partial charge < -0.3 is 14.2 Å². The average molecular weight is 363 g/mol. The van der Waals surface area contributed by atoms with Gasteiger partial charge in [-0.15, -0.1) is 0 Å². The molecule has 0 aromatic heterocycles. The van der Waals surface area contributed by atoms with Crippen LogP contribution < -0.4 is 14.2 Å². The first-order chi connectivity index (χ1) is 11.9. The Bertz CT molecular complexity index is 732. The second kappa shape index (κ2) is 8.77. The predicted octanol–water partition coefficient (Wildman–Crippen LogP) is 4.90. The smallest absolute Gasteiger partial charge is 0.311 e. The molecule has 2 aromatic carbocycles. The molecular weight excluding hydrogens is 340 g/mol. The number of rotatable bonds is 7. The van der Waals surface area contributed by atoms with Crippen LogP contribution in [0.15, 0.2) is 30.3 Å². The van der Waals surface area contributed by atoms with Gasteiger partial charge in [0.05, 0.1) is 13.7 Å². The summed E-state index contributed by atoms with van der Waals surface area (Å²) in [5.74, 6) is 1.60. The van der Waals surface area contributed by atoms with Crippen LogP contribution in [0.2, 0.25) is 5.02 Å². The molecule has 4 nitrogen and oxygen atoms in total. The normalized spacial score (nSPS) is 10.4. The Morgan fingerprint density at radius 3 is 2.36 bits per heavy atom. The van der Waals surface area contributed by atoms with Crippen molar-refractivity contribution in [1.29, 1.82) is 0 Å². The van der Waals surface area contributed by atoms with Gasteiger partial charge in [-0.3, -0.25) is 4.79 Å². The maximum atomic E-state index is 12.1. The van der Waals surface area contributed by atoms with Gasteiger partial charge in [0, 0.05) is 11.4 Å². The topological polar surface area (TPSA) is 44.8 Å². The largest absolute Gasteiger partial charge is 0.493 e. The van der Waals surface area contributed by atoms with Crippen molar-refractivity contribution in [3.63, 3.8) is 0 Å². The Hall–Kier alpha value is -2.20. The molecule has 2 aromatic rings.